The van der Waals surface area contributed by atoms with Crippen LogP contribution in [0.25, 0.3) is 5.69 Å². The van der Waals surface area contributed by atoms with Crippen molar-refractivity contribution in [1.82, 2.24) is 14.8 Å². The summed E-state index contributed by atoms with van der Waals surface area (Å²) in [7, 11) is 0. The molecular weight excluding hydrogens is 409 g/mol. The molecule has 0 unspecified atom stereocenters. The normalized spacial score (nSPS) is 11.4. The molecule has 11 heteroatoms. The number of hydrazone groups is 1. The summed E-state index contributed by atoms with van der Waals surface area (Å²) in [5, 5.41) is 8.44. The van der Waals surface area contributed by atoms with E-state index in [1.54, 1.807) is 31.2 Å². The summed E-state index contributed by atoms with van der Waals surface area (Å²) in [6.07, 6.45) is 1.11. The number of hydrogen-bond acceptors (Lipinski definition) is 4. The van der Waals surface area contributed by atoms with E-state index < -0.39 is 29.2 Å². The van der Waals surface area contributed by atoms with Crippen molar-refractivity contribution >= 4 is 35.1 Å². The minimum absolute atomic E-state index is 0.147. The van der Waals surface area contributed by atoms with Crippen molar-refractivity contribution < 1.29 is 17.6 Å². The van der Waals surface area contributed by atoms with Gasteiger partial charge in [-0.15, -0.1) is 0 Å². The lowest BCUT2D eigenvalue weighted by Gasteiger charge is -2.05. The van der Waals surface area contributed by atoms with E-state index in [9.17, 15) is 17.6 Å². The van der Waals surface area contributed by atoms with Crippen LogP contribution >= 0.6 is 23.2 Å². The van der Waals surface area contributed by atoms with Crippen LogP contribution in [0.15, 0.2) is 29.4 Å². The van der Waals surface area contributed by atoms with Crippen LogP contribution in [0.4, 0.5) is 23.2 Å². The van der Waals surface area contributed by atoms with Gasteiger partial charge in [0.25, 0.3) is 11.9 Å². The molecule has 1 aromatic carbocycles. The van der Waals surface area contributed by atoms with E-state index in [-0.39, 0.29) is 5.15 Å². The lowest BCUT2D eigenvalue weighted by atomic mass is 10.3. The fourth-order valence-corrected chi connectivity index (χ4v) is 2.69. The molecule has 0 fully saturated rings. The zero-order valence-electron chi connectivity index (χ0n) is 13.4. The van der Waals surface area contributed by atoms with E-state index in [1.807, 2.05) is 5.43 Å². The number of benzene rings is 1. The van der Waals surface area contributed by atoms with Gasteiger partial charge in [-0.2, -0.15) is 32.7 Å². The van der Waals surface area contributed by atoms with Gasteiger partial charge in [0.1, 0.15) is 10.8 Å². The van der Waals surface area contributed by atoms with Crippen molar-refractivity contribution in [2.24, 2.45) is 5.10 Å². The monoisotopic (exact) mass is 417 g/mol. The van der Waals surface area contributed by atoms with E-state index in [1.165, 1.54) is 4.68 Å². The largest absolute Gasteiger partial charge is 0.272 e. The van der Waals surface area contributed by atoms with Gasteiger partial charge in [0, 0.05) is 5.02 Å². The van der Waals surface area contributed by atoms with Gasteiger partial charge >= 0.3 is 0 Å². The second-order valence-electron chi connectivity index (χ2n) is 5.25. The number of nitrogens with zero attached hydrogens (tertiary/aromatic N) is 4. The third kappa shape index (κ3) is 3.74. The summed E-state index contributed by atoms with van der Waals surface area (Å²) in [6.45, 7) is 1.63. The summed E-state index contributed by atoms with van der Waals surface area (Å²) in [5.74, 6) is -7.00. The molecule has 0 atom stereocenters. The van der Waals surface area contributed by atoms with Crippen LogP contribution in [-0.4, -0.2) is 21.0 Å². The van der Waals surface area contributed by atoms with Crippen LogP contribution in [0.5, 0.6) is 0 Å². The van der Waals surface area contributed by atoms with Crippen molar-refractivity contribution in [3.05, 3.63) is 69.2 Å². The van der Waals surface area contributed by atoms with Crippen LogP contribution in [-0.2, 0) is 0 Å². The Kier molecular flexibility index (Phi) is 5.33. The Morgan fingerprint density at radius 1 is 1.11 bits per heavy atom. The molecule has 0 spiro atoms. The van der Waals surface area contributed by atoms with Gasteiger partial charge in [-0.1, -0.05) is 29.3 Å². The van der Waals surface area contributed by atoms with E-state index in [0.717, 1.165) is 6.21 Å². The molecule has 0 saturated carbocycles. The average molecular weight is 418 g/mol. The molecule has 0 radical (unpaired) electrons. The third-order valence-electron chi connectivity index (χ3n) is 3.47. The first-order valence-corrected chi connectivity index (χ1v) is 8.05. The third-order valence-corrected chi connectivity index (χ3v) is 4.07. The number of anilines is 1. The van der Waals surface area contributed by atoms with E-state index in [0.29, 0.717) is 22.0 Å². The second-order valence-corrected chi connectivity index (χ2v) is 6.04. The number of hydrogen-bond donors (Lipinski definition) is 1. The Morgan fingerprint density at radius 2 is 1.78 bits per heavy atom. The number of pyridine rings is 1. The lowest BCUT2D eigenvalue weighted by molar-refractivity contribution is 0.411. The van der Waals surface area contributed by atoms with Gasteiger partial charge in [0.2, 0.25) is 11.6 Å². The van der Waals surface area contributed by atoms with Gasteiger partial charge < -0.3 is 0 Å². The molecule has 3 rings (SSSR count). The minimum Gasteiger partial charge on any atom is -0.272 e. The maximum Gasteiger partial charge on any atom is 0.254 e. The summed E-state index contributed by atoms with van der Waals surface area (Å²) in [4.78, 5) is 2.45. The predicted octanol–water partition coefficient (Wildman–Crippen LogP) is 4.88. The zero-order valence-corrected chi connectivity index (χ0v) is 15.0. The minimum atomic E-state index is -1.80. The van der Waals surface area contributed by atoms with E-state index in [4.69, 9.17) is 23.2 Å². The number of aryl methyl sites for hydroxylation is 1. The molecule has 5 nitrogen and oxygen atoms in total. The predicted molar refractivity (Wildman–Crippen MR) is 93.6 cm³/mol. The molecule has 2 heterocycles. The quantitative estimate of drug-likeness (QED) is 0.284. The fourth-order valence-electron chi connectivity index (χ4n) is 2.18. The highest BCUT2D eigenvalue weighted by Gasteiger charge is 2.20. The number of nitrogens with one attached hydrogen (secondary N) is 1. The van der Waals surface area contributed by atoms with Gasteiger partial charge in [-0.3, -0.25) is 5.43 Å². The standard InChI is InChI=1S/C16H9Cl2F4N5/c1-7-10(14(18)27(26-7)9-4-2-3-8(17)5-9)6-23-25-13-11(19)15(21)24-16(22)12(13)20/h2-6H,1H3,(H,24,25)/b23-6+. The highest BCUT2D eigenvalue weighted by atomic mass is 35.5. The molecule has 0 aliphatic heterocycles. The topological polar surface area (TPSA) is 55.1 Å². The Hall–Kier alpha value is -2.65. The maximum absolute atomic E-state index is 13.6. The lowest BCUT2D eigenvalue weighted by Crippen LogP contribution is -2.06. The molecule has 1 N–H and O–H groups in total. The number of halogens is 6. The maximum atomic E-state index is 13.6. The van der Waals surface area contributed by atoms with Crippen molar-refractivity contribution in [3.8, 4) is 5.69 Å². The molecule has 3 aromatic rings. The van der Waals surface area contributed by atoms with Crippen molar-refractivity contribution in [2.75, 3.05) is 5.43 Å². The summed E-state index contributed by atoms with van der Waals surface area (Å²) < 4.78 is 54.7. The van der Waals surface area contributed by atoms with Crippen molar-refractivity contribution in [1.29, 1.82) is 0 Å². The first-order valence-electron chi connectivity index (χ1n) is 7.29. The van der Waals surface area contributed by atoms with Gasteiger partial charge in [-0.05, 0) is 25.1 Å². The van der Waals surface area contributed by atoms with Crippen molar-refractivity contribution in [3.63, 3.8) is 0 Å². The van der Waals surface area contributed by atoms with Crippen LogP contribution in [0, 0.1) is 30.5 Å². The van der Waals surface area contributed by atoms with Crippen LogP contribution in [0.1, 0.15) is 11.3 Å². The van der Waals surface area contributed by atoms with Crippen molar-refractivity contribution in [2.45, 2.75) is 6.92 Å². The molecule has 27 heavy (non-hydrogen) atoms. The number of rotatable bonds is 4. The van der Waals surface area contributed by atoms with Gasteiger partial charge in [-0.25, -0.2) is 4.68 Å². The first-order chi connectivity index (χ1) is 12.8. The molecule has 0 aliphatic rings. The highest BCUT2D eigenvalue weighted by Crippen LogP contribution is 2.25. The summed E-state index contributed by atoms with van der Waals surface area (Å²) >= 11 is 12.2. The Balaban J connectivity index is 1.92. The van der Waals surface area contributed by atoms with E-state index >= 15 is 0 Å². The Bertz CT molecular complexity index is 1030. The van der Waals surface area contributed by atoms with Crippen LogP contribution in [0.2, 0.25) is 10.2 Å². The highest BCUT2D eigenvalue weighted by molar-refractivity contribution is 6.32. The zero-order chi connectivity index (χ0) is 19.7. The smallest absolute Gasteiger partial charge is 0.254 e. The molecule has 2 aromatic heterocycles. The molecule has 0 bridgehead atoms. The summed E-state index contributed by atoms with van der Waals surface area (Å²) in [6, 6.07) is 6.74. The van der Waals surface area contributed by atoms with Gasteiger partial charge in [0.15, 0.2) is 0 Å². The second kappa shape index (κ2) is 7.53. The molecule has 0 amide bonds. The Morgan fingerprint density at radius 3 is 2.41 bits per heavy atom. The van der Waals surface area contributed by atoms with Gasteiger partial charge in [0.05, 0.1) is 23.2 Å². The first kappa shape index (κ1) is 19.1. The number of aromatic nitrogens is 3. The summed E-state index contributed by atoms with van der Waals surface area (Å²) in [5.41, 5.74) is 2.13. The SMILES string of the molecule is Cc1nn(-c2cccc(Cl)c2)c(Cl)c1/C=N/Nc1c(F)c(F)nc(F)c1F. The molecule has 140 valence electrons. The average Bonchev–Trinajstić information content (AvgIpc) is 2.91. The fraction of sp³-hybridized carbons (Fsp3) is 0.0625. The van der Waals surface area contributed by atoms with E-state index in [2.05, 4.69) is 15.2 Å². The Labute approximate surface area is 160 Å². The molecular formula is C16H9Cl2F4N5. The van der Waals surface area contributed by atoms with Crippen LogP contribution < -0.4 is 5.43 Å². The molecule has 0 aliphatic carbocycles. The molecule has 0 saturated heterocycles. The van der Waals surface area contributed by atoms with Crippen LogP contribution in [0.3, 0.4) is 0 Å².